The first-order valence-corrected chi connectivity index (χ1v) is 9.34. The standard InChI is InChI=1S/C18H23BrN2O4/c1-24-14-10-13(19)15(25-2)9-12(14)11-21-16(22)18(20-17(21)23)7-5-3-4-6-8-18/h9-10H,3-8,11H2,1-2H3,(H,20,23). The van der Waals surface area contributed by atoms with Gasteiger partial charge in [-0.3, -0.25) is 9.69 Å². The molecule has 2 aliphatic rings. The minimum Gasteiger partial charge on any atom is -0.496 e. The van der Waals surface area contributed by atoms with Crippen molar-refractivity contribution in [2.45, 2.75) is 50.6 Å². The monoisotopic (exact) mass is 410 g/mol. The Bertz CT molecular complexity index is 684. The zero-order valence-electron chi connectivity index (χ0n) is 14.6. The highest BCUT2D eigenvalue weighted by molar-refractivity contribution is 9.10. The molecule has 3 amide bonds. The van der Waals surface area contributed by atoms with Gasteiger partial charge >= 0.3 is 6.03 Å². The van der Waals surface area contributed by atoms with Crippen LogP contribution in [0.25, 0.3) is 0 Å². The summed E-state index contributed by atoms with van der Waals surface area (Å²) in [5.74, 6) is 1.12. The topological polar surface area (TPSA) is 67.9 Å². The van der Waals surface area contributed by atoms with E-state index in [0.29, 0.717) is 11.5 Å². The number of benzene rings is 1. The number of nitrogens with one attached hydrogen (secondary N) is 1. The van der Waals surface area contributed by atoms with Gasteiger partial charge in [-0.25, -0.2) is 4.79 Å². The number of halogens is 1. The minimum atomic E-state index is -0.722. The van der Waals surface area contributed by atoms with Crippen LogP contribution in [0.15, 0.2) is 16.6 Å². The molecule has 1 saturated heterocycles. The minimum absolute atomic E-state index is 0.122. The van der Waals surface area contributed by atoms with Gasteiger partial charge in [-0.05, 0) is 40.9 Å². The molecule has 0 bridgehead atoms. The largest absolute Gasteiger partial charge is 0.496 e. The van der Waals surface area contributed by atoms with Crippen LogP contribution < -0.4 is 14.8 Å². The maximum Gasteiger partial charge on any atom is 0.325 e. The van der Waals surface area contributed by atoms with Crippen LogP contribution >= 0.6 is 15.9 Å². The predicted molar refractivity (Wildman–Crippen MR) is 96.8 cm³/mol. The first-order valence-electron chi connectivity index (χ1n) is 8.55. The Morgan fingerprint density at radius 3 is 2.32 bits per heavy atom. The smallest absolute Gasteiger partial charge is 0.325 e. The summed E-state index contributed by atoms with van der Waals surface area (Å²) < 4.78 is 11.5. The van der Waals surface area contributed by atoms with Crippen LogP contribution in [0.1, 0.15) is 44.1 Å². The second-order valence-corrected chi connectivity index (χ2v) is 7.47. The third kappa shape index (κ3) is 3.34. The Hall–Kier alpha value is -1.76. The number of nitrogens with zero attached hydrogens (tertiary/aromatic N) is 1. The van der Waals surface area contributed by atoms with E-state index in [0.717, 1.165) is 48.6 Å². The van der Waals surface area contributed by atoms with Crippen molar-refractivity contribution in [1.29, 1.82) is 0 Å². The van der Waals surface area contributed by atoms with E-state index in [1.807, 2.05) is 0 Å². The maximum absolute atomic E-state index is 13.0. The number of amides is 3. The second kappa shape index (κ2) is 7.23. The number of carbonyl (C=O) groups is 2. The molecule has 3 rings (SSSR count). The van der Waals surface area contributed by atoms with Crippen molar-refractivity contribution in [3.05, 3.63) is 22.2 Å². The lowest BCUT2D eigenvalue weighted by molar-refractivity contribution is -0.132. The van der Waals surface area contributed by atoms with Crippen LogP contribution in [0, 0.1) is 0 Å². The number of rotatable bonds is 4. The first-order chi connectivity index (χ1) is 12.0. The van der Waals surface area contributed by atoms with Crippen LogP contribution in [0.5, 0.6) is 11.5 Å². The van der Waals surface area contributed by atoms with E-state index in [2.05, 4.69) is 21.2 Å². The van der Waals surface area contributed by atoms with Gasteiger partial charge in [0.05, 0.1) is 25.2 Å². The maximum atomic E-state index is 13.0. The summed E-state index contributed by atoms with van der Waals surface area (Å²) in [5.41, 5.74) is 0.0111. The molecule has 1 heterocycles. The summed E-state index contributed by atoms with van der Waals surface area (Å²) >= 11 is 3.42. The molecule has 0 aromatic heterocycles. The number of hydrogen-bond donors (Lipinski definition) is 1. The van der Waals surface area contributed by atoms with Gasteiger partial charge in [0.1, 0.15) is 17.0 Å². The average Bonchev–Trinajstić information content (AvgIpc) is 2.77. The molecule has 0 atom stereocenters. The fourth-order valence-corrected chi connectivity index (χ4v) is 4.19. The van der Waals surface area contributed by atoms with E-state index in [4.69, 9.17) is 9.47 Å². The lowest BCUT2D eigenvalue weighted by Gasteiger charge is -2.25. The number of methoxy groups -OCH3 is 2. The van der Waals surface area contributed by atoms with E-state index < -0.39 is 5.54 Å². The fraction of sp³-hybridized carbons (Fsp3) is 0.556. The van der Waals surface area contributed by atoms with Crippen molar-refractivity contribution >= 4 is 27.9 Å². The molecule has 0 radical (unpaired) electrons. The Balaban J connectivity index is 1.88. The van der Waals surface area contributed by atoms with Gasteiger partial charge in [-0.1, -0.05) is 25.7 Å². The zero-order chi connectivity index (χ0) is 18.0. The quantitative estimate of drug-likeness (QED) is 0.769. The van der Waals surface area contributed by atoms with E-state index >= 15 is 0 Å². The highest BCUT2D eigenvalue weighted by atomic mass is 79.9. The number of urea groups is 1. The van der Waals surface area contributed by atoms with Crippen molar-refractivity contribution in [3.8, 4) is 11.5 Å². The van der Waals surface area contributed by atoms with Gasteiger partial charge in [0.15, 0.2) is 0 Å². The third-order valence-corrected chi connectivity index (χ3v) is 5.71. The number of carbonyl (C=O) groups excluding carboxylic acids is 2. The summed E-state index contributed by atoms with van der Waals surface area (Å²) in [6.45, 7) is 0.166. The number of ether oxygens (including phenoxy) is 2. The van der Waals surface area contributed by atoms with E-state index in [1.54, 1.807) is 26.4 Å². The molecule has 2 fully saturated rings. The Morgan fingerprint density at radius 2 is 1.72 bits per heavy atom. The van der Waals surface area contributed by atoms with Gasteiger partial charge in [-0.2, -0.15) is 0 Å². The molecule has 136 valence electrons. The fourth-order valence-electron chi connectivity index (χ4n) is 3.71. The SMILES string of the molecule is COc1cc(CN2C(=O)NC3(CCCCCC3)C2=O)c(OC)cc1Br. The van der Waals surface area contributed by atoms with Gasteiger partial charge < -0.3 is 14.8 Å². The van der Waals surface area contributed by atoms with Crippen molar-refractivity contribution in [1.82, 2.24) is 10.2 Å². The number of hydrogen-bond acceptors (Lipinski definition) is 4. The molecule has 0 unspecified atom stereocenters. The van der Waals surface area contributed by atoms with Crippen LogP contribution in [0.3, 0.4) is 0 Å². The first kappa shape index (κ1) is 18.0. The summed E-state index contributed by atoms with van der Waals surface area (Å²) in [5, 5.41) is 2.96. The van der Waals surface area contributed by atoms with E-state index in [-0.39, 0.29) is 18.5 Å². The zero-order valence-corrected chi connectivity index (χ0v) is 16.1. The Kier molecular flexibility index (Phi) is 5.22. The second-order valence-electron chi connectivity index (χ2n) is 6.62. The molecule has 1 N–H and O–H groups in total. The van der Waals surface area contributed by atoms with Crippen LogP contribution in [-0.2, 0) is 11.3 Å². The Labute approximate surface area is 156 Å². The molecule has 1 spiro atoms. The van der Waals surface area contributed by atoms with Crippen LogP contribution in [0.2, 0.25) is 0 Å². The highest BCUT2D eigenvalue weighted by Crippen LogP contribution is 2.36. The summed E-state index contributed by atoms with van der Waals surface area (Å²) in [7, 11) is 3.14. The van der Waals surface area contributed by atoms with Gasteiger partial charge in [0.2, 0.25) is 0 Å². The molecule has 6 nitrogen and oxygen atoms in total. The van der Waals surface area contributed by atoms with E-state index in [9.17, 15) is 9.59 Å². The molecule has 1 aliphatic carbocycles. The summed E-state index contributed by atoms with van der Waals surface area (Å²) in [6, 6.07) is 3.26. The molecule has 25 heavy (non-hydrogen) atoms. The lowest BCUT2D eigenvalue weighted by atomic mass is 9.90. The van der Waals surface area contributed by atoms with Crippen LogP contribution in [0.4, 0.5) is 4.79 Å². The highest BCUT2D eigenvalue weighted by Gasteiger charge is 2.50. The van der Waals surface area contributed by atoms with Gasteiger partial charge in [0.25, 0.3) is 5.91 Å². The molecule has 1 aromatic carbocycles. The third-order valence-electron chi connectivity index (χ3n) is 5.09. The molecular weight excluding hydrogens is 388 g/mol. The van der Waals surface area contributed by atoms with Gasteiger partial charge in [-0.15, -0.1) is 0 Å². The number of imide groups is 1. The molecular formula is C18H23BrN2O4. The summed E-state index contributed by atoms with van der Waals surface area (Å²) in [6.07, 6.45) is 5.60. The van der Waals surface area contributed by atoms with Crippen molar-refractivity contribution in [2.75, 3.05) is 14.2 Å². The van der Waals surface area contributed by atoms with E-state index in [1.165, 1.54) is 4.90 Å². The average molecular weight is 411 g/mol. The van der Waals surface area contributed by atoms with Crippen LogP contribution in [-0.4, -0.2) is 36.6 Å². The molecule has 1 saturated carbocycles. The molecule has 1 aliphatic heterocycles. The molecule has 1 aromatic rings. The molecule has 7 heteroatoms. The van der Waals surface area contributed by atoms with Gasteiger partial charge in [0, 0.05) is 5.56 Å². The van der Waals surface area contributed by atoms with Crippen molar-refractivity contribution in [2.24, 2.45) is 0 Å². The summed E-state index contributed by atoms with van der Waals surface area (Å²) in [4.78, 5) is 26.8. The van der Waals surface area contributed by atoms with Crippen molar-refractivity contribution in [3.63, 3.8) is 0 Å². The lowest BCUT2D eigenvalue weighted by Crippen LogP contribution is -2.46. The predicted octanol–water partition coefficient (Wildman–Crippen LogP) is 3.61. The normalized spacial score (nSPS) is 19.7. The van der Waals surface area contributed by atoms with Crippen molar-refractivity contribution < 1.29 is 19.1 Å². The Morgan fingerprint density at radius 1 is 1.08 bits per heavy atom.